The molecule has 0 unspecified atom stereocenters. The van der Waals surface area contributed by atoms with Crippen LogP contribution in [0, 0.1) is 132 Å². The minimum absolute atomic E-state index is 0.141. The van der Waals surface area contributed by atoms with Gasteiger partial charge in [-0.05, 0) is 338 Å². The van der Waals surface area contributed by atoms with E-state index in [4.69, 9.17) is 1.37 Å². The maximum absolute atomic E-state index is 8.47. The molecule has 0 aliphatic heterocycles. The molecule has 12 aromatic carbocycles. The Morgan fingerprint density at radius 1 is 0.241 bits per heavy atom. The summed E-state index contributed by atoms with van der Waals surface area (Å²) in [6, 6.07) is 86.6. The predicted octanol–water partition coefficient (Wildman–Crippen LogP) is 34.1. The van der Waals surface area contributed by atoms with Crippen LogP contribution in [0.2, 0.25) is 0 Å². The molecule has 0 spiro atoms. The molecule has 0 atom stereocenters. The van der Waals surface area contributed by atoms with Crippen molar-refractivity contribution in [1.82, 2.24) is 0 Å². The zero-order valence-electron chi connectivity index (χ0n) is 97.3. The number of hydrogen-bond acceptors (Lipinski definition) is 0. The highest BCUT2D eigenvalue weighted by molar-refractivity contribution is 6.00. The zero-order chi connectivity index (χ0) is 107. The summed E-state index contributed by atoms with van der Waals surface area (Å²) in [7, 11) is 12.9. The Hall–Kier alpha value is -12.9. The Morgan fingerprint density at radius 2 is 0.545 bits per heavy atom. The fourth-order valence-corrected chi connectivity index (χ4v) is 21.1. The summed E-state index contributed by atoms with van der Waals surface area (Å²) in [5.74, 6) is 2.03. The molecule has 0 aliphatic rings. The summed E-state index contributed by atoms with van der Waals surface area (Å²) in [5, 5.41) is 15.6. The number of rotatable bonds is 12. The molecule has 0 N–H and O–H groups in total. The van der Waals surface area contributed by atoms with Gasteiger partial charge in [0.2, 0.25) is 34.2 Å². The molecule has 0 radical (unpaired) electrons. The van der Waals surface area contributed by atoms with Crippen LogP contribution in [-0.4, -0.2) is 0 Å². The lowest BCUT2D eigenvalue weighted by atomic mass is 9.82. The van der Waals surface area contributed by atoms with Crippen molar-refractivity contribution in [3.8, 4) is 67.5 Å². The van der Waals surface area contributed by atoms with Crippen molar-refractivity contribution in [2.75, 3.05) is 0 Å². The summed E-state index contributed by atoms with van der Waals surface area (Å²) >= 11 is 0. The van der Waals surface area contributed by atoms with Gasteiger partial charge in [0, 0.05) is 76.6 Å². The number of hydrogen-bond donors (Lipinski definition) is 0. The molecule has 6 heteroatoms. The van der Waals surface area contributed by atoms with Crippen molar-refractivity contribution in [3.63, 3.8) is 0 Å². The molecule has 6 aromatic heterocycles. The summed E-state index contributed by atoms with van der Waals surface area (Å²) < 4.78 is 22.2. The number of benzene rings is 12. The van der Waals surface area contributed by atoms with E-state index in [0.717, 1.165) is 23.9 Å². The summed E-state index contributed by atoms with van der Waals surface area (Å²) in [4.78, 5) is 0. The Kier molecular flexibility index (Phi) is 33.2. The van der Waals surface area contributed by atoms with Crippen molar-refractivity contribution in [2.24, 2.45) is 42.3 Å². The van der Waals surface area contributed by atoms with Gasteiger partial charge in [-0.2, -0.15) is 22.8 Å². The van der Waals surface area contributed by atoms with Crippen LogP contribution >= 0.6 is 0 Å². The zero-order valence-corrected chi connectivity index (χ0v) is 96.3. The van der Waals surface area contributed by atoms with Gasteiger partial charge in [-0.25, -0.2) is 4.57 Å². The molecule has 145 heavy (non-hydrogen) atoms. The number of pyridine rings is 6. The molecule has 0 saturated heterocycles. The average molecular weight is 1930 g/mol. The molecule has 18 aromatic rings. The minimum atomic E-state index is 0.141. The fourth-order valence-electron chi connectivity index (χ4n) is 21.1. The molecule has 750 valence electrons. The number of aryl methyl sites for hydroxylation is 17. The minimum Gasteiger partial charge on any atom is -0.200 e. The van der Waals surface area contributed by atoms with E-state index in [1.165, 1.54) is 272 Å². The lowest BCUT2D eigenvalue weighted by Crippen LogP contribution is -2.35. The molecule has 0 amide bonds. The van der Waals surface area contributed by atoms with Crippen molar-refractivity contribution in [3.05, 3.63) is 388 Å². The maximum Gasteiger partial charge on any atom is 0.220 e. The normalized spacial score (nSPS) is 11.7. The monoisotopic (exact) mass is 1920 g/mol. The number of aromatic nitrogens is 6. The highest BCUT2D eigenvalue weighted by atomic mass is 15.0. The van der Waals surface area contributed by atoms with Crippen LogP contribution < -0.4 is 27.4 Å². The van der Waals surface area contributed by atoms with Crippen LogP contribution in [0.15, 0.2) is 237 Å². The van der Waals surface area contributed by atoms with Gasteiger partial charge in [-0.1, -0.05) is 265 Å². The summed E-state index contributed by atoms with van der Waals surface area (Å²) in [6.07, 6.45) is 2.70. The first-order valence-corrected chi connectivity index (χ1v) is 53.2. The summed E-state index contributed by atoms with van der Waals surface area (Å²) in [6.45, 7) is 78.0. The number of fused-ring (bicyclic) bond motifs is 6. The molecule has 6 heterocycles. The topological polar surface area (TPSA) is 23.3 Å². The second-order valence-electron chi connectivity index (χ2n) is 45.8. The third-order valence-corrected chi connectivity index (χ3v) is 31.2. The van der Waals surface area contributed by atoms with Gasteiger partial charge in [-0.15, -0.1) is 0 Å². The van der Waals surface area contributed by atoms with E-state index in [0.29, 0.717) is 29.8 Å². The molecule has 0 aliphatic carbocycles. The molecule has 0 fully saturated rings. The van der Waals surface area contributed by atoms with Gasteiger partial charge in [0.25, 0.3) is 0 Å². The predicted molar refractivity (Wildman–Crippen MR) is 626 cm³/mol. The molecule has 0 saturated carbocycles. The van der Waals surface area contributed by atoms with Crippen molar-refractivity contribution in [1.29, 1.82) is 0 Å². The van der Waals surface area contributed by atoms with E-state index in [9.17, 15) is 0 Å². The first-order chi connectivity index (χ1) is 68.6. The highest BCUT2D eigenvalue weighted by Gasteiger charge is 2.31. The van der Waals surface area contributed by atoms with E-state index >= 15 is 0 Å². The first kappa shape index (κ1) is 108. The third-order valence-electron chi connectivity index (χ3n) is 31.2. The van der Waals surface area contributed by atoms with Gasteiger partial charge in [0.05, 0.1) is 60.1 Å². The van der Waals surface area contributed by atoms with E-state index in [-0.39, 0.29) is 10.8 Å². The van der Waals surface area contributed by atoms with E-state index in [2.05, 4.69) is 525 Å². The quantitative estimate of drug-likeness (QED) is 0.109. The van der Waals surface area contributed by atoms with E-state index < -0.39 is 0 Å². The van der Waals surface area contributed by atoms with Gasteiger partial charge in [-0.3, -0.25) is 0 Å². The van der Waals surface area contributed by atoms with E-state index in [1.807, 2.05) is 17.7 Å². The van der Waals surface area contributed by atoms with Gasteiger partial charge < -0.3 is 0 Å². The van der Waals surface area contributed by atoms with Crippen molar-refractivity contribution in [2.45, 2.75) is 290 Å². The van der Waals surface area contributed by atoms with Crippen LogP contribution in [0.4, 0.5) is 0 Å². The standard InChI is InChI=1S/2C24H30N.3C23H28N.C22H26N/c1-15-9-10-21-19(11-15)13-17(3)25(8)23(21)22-14-20(24(5,6)7)12-16(2)18(22)4;1-15(2)20-13-22(16(3)4)18(6)23(14-20)24-21-9-8-17(5)12-19(21)10-11-25(24)7;1-15-8-11-20-18(12-15)13-17(3)24(7)22(20)21-14-19(23(4,5)6)10-9-16(21)2;1-14(2)19-11-16(4)18(6)22(13-19)23-21-9-8-15(3)10-20(21)12-17(5)24(23)7;1-7-18-13-19(8-2)17(5)22(14-18)23-21-10-9-15(3)11-20(21)12-16(4)24(23)6;1-14(2)18-9-8-16(4)21(13-18)22-20-10-7-15(3)11-19(20)12-17(5)23(22)6/h9-14H,1-8H3;8-16H,1-7H3;2*8-14H,1-7H3;9-14H,7-8H2,1-6H3;7-14H,1-6H3/q6*+1/i;11D;;;;. The Labute approximate surface area is 874 Å². The Morgan fingerprint density at radius 3 is 0.897 bits per heavy atom. The summed E-state index contributed by atoms with van der Waals surface area (Å²) in [5.41, 5.74) is 52.4. The lowest BCUT2D eigenvalue weighted by Gasteiger charge is -2.22. The van der Waals surface area contributed by atoms with Crippen LogP contribution in [0.25, 0.3) is 132 Å². The van der Waals surface area contributed by atoms with Crippen molar-refractivity contribution < 1.29 is 28.8 Å². The second kappa shape index (κ2) is 44.6. The average Bonchev–Trinajstić information content (AvgIpc) is 0.765. The van der Waals surface area contributed by atoms with Crippen LogP contribution in [0.3, 0.4) is 0 Å². The van der Waals surface area contributed by atoms with Gasteiger partial charge >= 0.3 is 0 Å². The third kappa shape index (κ3) is 23.6. The Bertz CT molecular complexity index is 7970. The van der Waals surface area contributed by atoms with Crippen LogP contribution in [-0.2, 0) is 66.0 Å². The maximum atomic E-state index is 8.47. The molecular weight excluding hydrogens is 1750 g/mol. The molecule has 6 nitrogen and oxygen atoms in total. The molecule has 0 bridgehead atoms. The highest BCUT2D eigenvalue weighted by Crippen LogP contribution is 2.43. The van der Waals surface area contributed by atoms with E-state index in [1.54, 1.807) is 0 Å². The first-order valence-electron chi connectivity index (χ1n) is 53.7. The SMILES string of the molecule is CCc1cc(CC)c(C)c(-c2c3ccc(C)cc3cc(C)[n+]2C)c1.Cc1ccc2c(-c3cc(C(C)(C)C)cc(C)c3C)[n+](C)c(C)cc2c1.Cc1ccc2c(-c3cc(C(C)(C)C)ccc3C)[n+](C)c(C)cc2c1.Cc1ccc2c(-c3cc(C(C)C)cc(C)c3C)[n+](C)c(C)cc2c1.Cc1ccc2c(-c3cc(C(C)C)ccc3C)[n+](C)c(C)cc2c1.[2H]c1cc2cc(C)ccc2c(-c2cc(C(C)C)cc(C(C)C)c2C)[n+]1C. The van der Waals surface area contributed by atoms with Crippen molar-refractivity contribution >= 4 is 64.6 Å². The second-order valence-corrected chi connectivity index (χ2v) is 45.8. The van der Waals surface area contributed by atoms with Gasteiger partial charge in [0.15, 0.2) is 34.6 Å². The number of nitrogens with zero attached hydrogens (tertiary/aromatic N) is 6. The smallest absolute Gasteiger partial charge is 0.200 e. The van der Waals surface area contributed by atoms with Crippen LogP contribution in [0.1, 0.15) is 287 Å². The van der Waals surface area contributed by atoms with Gasteiger partial charge in [0.1, 0.15) is 43.7 Å². The lowest BCUT2D eigenvalue weighted by molar-refractivity contribution is -0.665. The van der Waals surface area contributed by atoms with Crippen LogP contribution in [0.5, 0.6) is 0 Å². The Balaban J connectivity index is 0.000000147. The fraction of sp³-hybridized carbons (Fsp3) is 0.353. The largest absolute Gasteiger partial charge is 0.220 e. The molecular formula is C139H170N6+6. The molecule has 18 rings (SSSR count).